The van der Waals surface area contributed by atoms with Gasteiger partial charge in [-0.3, -0.25) is 10.1 Å². The van der Waals surface area contributed by atoms with Crippen LogP contribution in [-0.4, -0.2) is 17.5 Å². The first-order valence-corrected chi connectivity index (χ1v) is 5.96. The third-order valence-electron chi connectivity index (χ3n) is 3.23. The Kier molecular flexibility index (Phi) is 4.63. The minimum Gasteiger partial charge on any atom is -0.314 e. The van der Waals surface area contributed by atoms with E-state index in [2.05, 4.69) is 12.2 Å². The van der Waals surface area contributed by atoms with Gasteiger partial charge in [-0.2, -0.15) is 0 Å². The molecule has 0 radical (unpaired) electrons. The second-order valence-electron chi connectivity index (χ2n) is 4.40. The van der Waals surface area contributed by atoms with Crippen LogP contribution in [0.5, 0.6) is 0 Å². The highest BCUT2D eigenvalue weighted by Gasteiger charge is 2.24. The van der Waals surface area contributed by atoms with Gasteiger partial charge in [0.2, 0.25) is 0 Å². The van der Waals surface area contributed by atoms with Gasteiger partial charge in [-0.05, 0) is 26.0 Å². The van der Waals surface area contributed by atoms with Gasteiger partial charge in [-0.15, -0.1) is 0 Å². The van der Waals surface area contributed by atoms with Gasteiger partial charge in [0.15, 0.2) is 0 Å². The first-order chi connectivity index (χ1) is 7.99. The summed E-state index contributed by atoms with van der Waals surface area (Å²) in [6.45, 7) is 8.92. The number of nitrogens with one attached hydrogen (secondary N) is 1. The summed E-state index contributed by atoms with van der Waals surface area (Å²) in [5.41, 5.74) is 2.05. The number of benzene rings is 1. The van der Waals surface area contributed by atoms with Gasteiger partial charge in [-0.1, -0.05) is 26.0 Å². The van der Waals surface area contributed by atoms with E-state index in [0.717, 1.165) is 17.7 Å². The Morgan fingerprint density at radius 3 is 2.59 bits per heavy atom. The van der Waals surface area contributed by atoms with Gasteiger partial charge < -0.3 is 5.32 Å². The normalized spacial score (nSPS) is 14.4. The van der Waals surface area contributed by atoms with Crippen molar-refractivity contribution in [3.8, 4) is 0 Å². The predicted octanol–water partition coefficient (Wildman–Crippen LogP) is 3.00. The van der Waals surface area contributed by atoms with Crippen molar-refractivity contribution in [3.05, 3.63) is 39.4 Å². The van der Waals surface area contributed by atoms with Gasteiger partial charge in [0.1, 0.15) is 0 Å². The molecule has 0 amide bonds. The third kappa shape index (κ3) is 3.03. The summed E-state index contributed by atoms with van der Waals surface area (Å²) in [5.74, 6) is 0.122. The lowest BCUT2D eigenvalue weighted by molar-refractivity contribution is -0.385. The lowest BCUT2D eigenvalue weighted by Crippen LogP contribution is -2.31. The van der Waals surface area contributed by atoms with E-state index in [1.54, 1.807) is 12.1 Å². The molecule has 1 aromatic carbocycles. The predicted molar refractivity (Wildman–Crippen MR) is 69.4 cm³/mol. The fraction of sp³-hybridized carbons (Fsp3) is 0.538. The Labute approximate surface area is 102 Å². The fourth-order valence-electron chi connectivity index (χ4n) is 2.17. The molecule has 0 aliphatic carbocycles. The Balaban J connectivity index is 3.15. The minimum absolute atomic E-state index is 0.122. The lowest BCUT2D eigenvalue weighted by atomic mass is 9.89. The van der Waals surface area contributed by atoms with Crippen LogP contribution in [-0.2, 0) is 0 Å². The van der Waals surface area contributed by atoms with Gasteiger partial charge in [0.25, 0.3) is 5.69 Å². The number of likely N-dealkylation sites (N-methyl/N-ethyl adjacent to an activating group) is 1. The van der Waals surface area contributed by atoms with E-state index in [4.69, 9.17) is 0 Å². The van der Waals surface area contributed by atoms with Crippen LogP contribution in [0.3, 0.4) is 0 Å². The molecule has 4 nitrogen and oxygen atoms in total. The summed E-state index contributed by atoms with van der Waals surface area (Å²) in [6.07, 6.45) is 0. The second-order valence-corrected chi connectivity index (χ2v) is 4.40. The number of aryl methyl sites for hydroxylation is 1. The molecule has 0 heterocycles. The molecule has 0 aromatic heterocycles. The third-order valence-corrected chi connectivity index (χ3v) is 3.23. The highest BCUT2D eigenvalue weighted by molar-refractivity contribution is 5.47. The molecule has 17 heavy (non-hydrogen) atoms. The van der Waals surface area contributed by atoms with Crippen molar-refractivity contribution in [1.82, 2.24) is 5.32 Å². The van der Waals surface area contributed by atoms with Gasteiger partial charge >= 0.3 is 0 Å². The molecule has 94 valence electrons. The van der Waals surface area contributed by atoms with Crippen LogP contribution in [0.25, 0.3) is 0 Å². The zero-order valence-corrected chi connectivity index (χ0v) is 10.9. The molecule has 0 saturated carbocycles. The van der Waals surface area contributed by atoms with E-state index in [1.165, 1.54) is 0 Å². The van der Waals surface area contributed by atoms with E-state index >= 15 is 0 Å². The number of nitro groups is 1. The quantitative estimate of drug-likeness (QED) is 0.631. The van der Waals surface area contributed by atoms with Crippen LogP contribution in [0, 0.1) is 17.0 Å². The van der Waals surface area contributed by atoms with Crippen LogP contribution < -0.4 is 5.32 Å². The molecule has 1 N–H and O–H groups in total. The molecule has 0 fully saturated rings. The monoisotopic (exact) mass is 236 g/mol. The van der Waals surface area contributed by atoms with E-state index in [-0.39, 0.29) is 22.6 Å². The van der Waals surface area contributed by atoms with E-state index in [0.29, 0.717) is 0 Å². The van der Waals surface area contributed by atoms with Crippen LogP contribution in [0.4, 0.5) is 5.69 Å². The Hall–Kier alpha value is -1.42. The van der Waals surface area contributed by atoms with Crippen molar-refractivity contribution in [2.45, 2.75) is 39.7 Å². The first-order valence-electron chi connectivity index (χ1n) is 5.96. The number of hydrogen-bond acceptors (Lipinski definition) is 3. The molecule has 0 aliphatic rings. The first kappa shape index (κ1) is 13.6. The van der Waals surface area contributed by atoms with Crippen LogP contribution in [0.15, 0.2) is 18.2 Å². The van der Waals surface area contributed by atoms with E-state index in [1.807, 2.05) is 26.8 Å². The van der Waals surface area contributed by atoms with Gasteiger partial charge in [0, 0.05) is 23.6 Å². The van der Waals surface area contributed by atoms with Gasteiger partial charge in [0.05, 0.1) is 4.92 Å². The summed E-state index contributed by atoms with van der Waals surface area (Å²) >= 11 is 0. The average Bonchev–Trinajstić information content (AvgIpc) is 2.28. The molecular weight excluding hydrogens is 216 g/mol. The largest absolute Gasteiger partial charge is 0.314 e. The Bertz CT molecular complexity index is 404. The molecule has 0 bridgehead atoms. The van der Waals surface area contributed by atoms with Crippen molar-refractivity contribution >= 4 is 5.69 Å². The summed E-state index contributed by atoms with van der Waals surface area (Å²) in [5, 5.41) is 14.4. The number of rotatable bonds is 5. The number of nitrogens with zero attached hydrogens (tertiary/aromatic N) is 1. The Morgan fingerprint density at radius 1 is 1.41 bits per heavy atom. The SMILES string of the molecule is CCNC(C)C(C)c1c(C)cccc1[N+](=O)[O-]. The van der Waals surface area contributed by atoms with Gasteiger partial charge in [-0.25, -0.2) is 0 Å². The van der Waals surface area contributed by atoms with Crippen LogP contribution in [0.1, 0.15) is 37.8 Å². The summed E-state index contributed by atoms with van der Waals surface area (Å²) < 4.78 is 0. The molecule has 2 unspecified atom stereocenters. The molecule has 0 spiro atoms. The zero-order valence-electron chi connectivity index (χ0n) is 10.9. The standard InChI is InChI=1S/C13H20N2O2/c1-5-14-11(4)10(3)13-9(2)7-6-8-12(13)15(16)17/h6-8,10-11,14H,5H2,1-4H3. The lowest BCUT2D eigenvalue weighted by Gasteiger charge is -2.22. The number of hydrogen-bond donors (Lipinski definition) is 1. The van der Waals surface area contributed by atoms with Crippen LogP contribution >= 0.6 is 0 Å². The minimum atomic E-state index is -0.294. The fourth-order valence-corrected chi connectivity index (χ4v) is 2.17. The molecule has 0 saturated heterocycles. The summed E-state index contributed by atoms with van der Waals surface area (Å²) in [4.78, 5) is 10.7. The van der Waals surface area contributed by atoms with E-state index in [9.17, 15) is 10.1 Å². The smallest absolute Gasteiger partial charge is 0.273 e. The van der Waals surface area contributed by atoms with Crippen molar-refractivity contribution < 1.29 is 4.92 Å². The molecule has 2 atom stereocenters. The summed E-state index contributed by atoms with van der Waals surface area (Å²) in [7, 11) is 0. The highest BCUT2D eigenvalue weighted by Crippen LogP contribution is 2.31. The molecule has 1 aromatic rings. The van der Waals surface area contributed by atoms with Crippen molar-refractivity contribution in [3.63, 3.8) is 0 Å². The van der Waals surface area contributed by atoms with Crippen molar-refractivity contribution in [2.75, 3.05) is 6.54 Å². The van der Waals surface area contributed by atoms with Crippen LogP contribution in [0.2, 0.25) is 0 Å². The molecule has 1 rings (SSSR count). The second kappa shape index (κ2) is 5.77. The topological polar surface area (TPSA) is 55.2 Å². The Morgan fingerprint density at radius 2 is 2.06 bits per heavy atom. The summed E-state index contributed by atoms with van der Waals surface area (Å²) in [6, 6.07) is 5.47. The highest BCUT2D eigenvalue weighted by atomic mass is 16.6. The molecular formula is C13H20N2O2. The van der Waals surface area contributed by atoms with Crippen molar-refractivity contribution in [2.24, 2.45) is 0 Å². The van der Waals surface area contributed by atoms with Crippen molar-refractivity contribution in [1.29, 1.82) is 0 Å². The zero-order chi connectivity index (χ0) is 13.0. The maximum absolute atomic E-state index is 11.0. The average molecular weight is 236 g/mol. The van der Waals surface area contributed by atoms with E-state index < -0.39 is 0 Å². The molecule has 4 heteroatoms. The maximum atomic E-state index is 11.0. The maximum Gasteiger partial charge on any atom is 0.273 e. The number of nitro benzene ring substituents is 1. The molecule has 0 aliphatic heterocycles.